The second kappa shape index (κ2) is 6.31. The summed E-state index contributed by atoms with van der Waals surface area (Å²) in [5, 5.41) is 7.42. The molecular formula is C12H18N4O3. The fourth-order valence-corrected chi connectivity index (χ4v) is 2.21. The molecule has 1 aromatic heterocycles. The zero-order valence-corrected chi connectivity index (χ0v) is 11.0. The first-order chi connectivity index (χ1) is 9.20. The Balaban J connectivity index is 1.89. The third-order valence-electron chi connectivity index (χ3n) is 3.16. The summed E-state index contributed by atoms with van der Waals surface area (Å²) in [4.78, 5) is 25.5. The van der Waals surface area contributed by atoms with Gasteiger partial charge in [0.1, 0.15) is 6.54 Å². The van der Waals surface area contributed by atoms with Crippen LogP contribution in [0.25, 0.3) is 0 Å². The molecule has 0 spiro atoms. The van der Waals surface area contributed by atoms with Crippen LogP contribution in [0.1, 0.15) is 19.8 Å². The van der Waals surface area contributed by atoms with Gasteiger partial charge in [-0.2, -0.15) is 0 Å². The Labute approximate surface area is 111 Å². The molecular weight excluding hydrogens is 248 g/mol. The number of hydrogen-bond donors (Lipinski definition) is 0. The predicted octanol–water partition coefficient (Wildman–Crippen LogP) is 0.0798. The Morgan fingerprint density at radius 3 is 3.00 bits per heavy atom. The first-order valence-electron chi connectivity index (χ1n) is 6.49. The normalized spacial score (nSPS) is 19.2. The molecule has 1 fully saturated rings. The number of esters is 1. The van der Waals surface area contributed by atoms with Crippen LogP contribution < -0.4 is 0 Å². The Morgan fingerprint density at radius 1 is 1.47 bits per heavy atom. The van der Waals surface area contributed by atoms with Gasteiger partial charge in [-0.05, 0) is 19.8 Å². The number of nitrogens with zero attached hydrogens (tertiary/aromatic N) is 4. The molecule has 1 atom stereocenters. The average molecular weight is 266 g/mol. The SMILES string of the molecule is CCOC(=O)C1CCCN(C(=O)Cn2ccnn2)C1. The van der Waals surface area contributed by atoms with E-state index in [1.807, 2.05) is 0 Å². The van der Waals surface area contributed by atoms with Crippen molar-refractivity contribution in [1.29, 1.82) is 0 Å². The van der Waals surface area contributed by atoms with Gasteiger partial charge in [0.05, 0.1) is 18.7 Å². The molecule has 0 saturated carbocycles. The molecule has 1 aliphatic heterocycles. The van der Waals surface area contributed by atoms with Crippen LogP contribution in [0.5, 0.6) is 0 Å². The van der Waals surface area contributed by atoms with E-state index in [1.165, 1.54) is 10.9 Å². The second-order valence-corrected chi connectivity index (χ2v) is 4.53. The molecule has 1 saturated heterocycles. The summed E-state index contributed by atoms with van der Waals surface area (Å²) in [7, 11) is 0. The molecule has 19 heavy (non-hydrogen) atoms. The summed E-state index contributed by atoms with van der Waals surface area (Å²) >= 11 is 0. The van der Waals surface area contributed by atoms with E-state index >= 15 is 0 Å². The minimum absolute atomic E-state index is 0.0421. The number of piperidine rings is 1. The third-order valence-corrected chi connectivity index (χ3v) is 3.16. The highest BCUT2D eigenvalue weighted by Crippen LogP contribution is 2.18. The van der Waals surface area contributed by atoms with Crippen molar-refractivity contribution in [2.75, 3.05) is 19.7 Å². The van der Waals surface area contributed by atoms with Gasteiger partial charge in [0.2, 0.25) is 5.91 Å². The first-order valence-corrected chi connectivity index (χ1v) is 6.49. The van der Waals surface area contributed by atoms with Crippen molar-refractivity contribution in [3.8, 4) is 0 Å². The van der Waals surface area contributed by atoms with Crippen LogP contribution in [0.4, 0.5) is 0 Å². The van der Waals surface area contributed by atoms with Crippen LogP contribution in [-0.2, 0) is 20.9 Å². The molecule has 1 aromatic rings. The molecule has 0 radical (unpaired) electrons. The molecule has 1 aliphatic rings. The summed E-state index contributed by atoms with van der Waals surface area (Å²) in [6, 6.07) is 0. The third kappa shape index (κ3) is 3.52. The van der Waals surface area contributed by atoms with E-state index in [9.17, 15) is 9.59 Å². The maximum Gasteiger partial charge on any atom is 0.310 e. The number of carbonyl (C=O) groups excluding carboxylic acids is 2. The molecule has 7 heteroatoms. The van der Waals surface area contributed by atoms with Crippen LogP contribution in [0.2, 0.25) is 0 Å². The van der Waals surface area contributed by atoms with E-state index in [1.54, 1.807) is 18.0 Å². The second-order valence-electron chi connectivity index (χ2n) is 4.53. The molecule has 7 nitrogen and oxygen atoms in total. The summed E-state index contributed by atoms with van der Waals surface area (Å²) < 4.78 is 6.49. The number of aromatic nitrogens is 3. The monoisotopic (exact) mass is 266 g/mol. The van der Waals surface area contributed by atoms with Crippen LogP contribution >= 0.6 is 0 Å². The quantitative estimate of drug-likeness (QED) is 0.721. The Kier molecular flexibility index (Phi) is 4.48. The molecule has 0 aliphatic carbocycles. The molecule has 0 aromatic carbocycles. The molecule has 1 unspecified atom stereocenters. The fourth-order valence-electron chi connectivity index (χ4n) is 2.21. The molecule has 2 heterocycles. The average Bonchev–Trinajstić information content (AvgIpc) is 2.92. The van der Waals surface area contributed by atoms with Gasteiger partial charge in [0, 0.05) is 19.3 Å². The minimum atomic E-state index is -0.208. The molecule has 0 bridgehead atoms. The molecule has 1 amide bonds. The number of rotatable bonds is 4. The maximum atomic E-state index is 12.1. The van der Waals surface area contributed by atoms with E-state index in [2.05, 4.69) is 10.3 Å². The van der Waals surface area contributed by atoms with Gasteiger partial charge in [-0.15, -0.1) is 5.10 Å². The first kappa shape index (κ1) is 13.5. The van der Waals surface area contributed by atoms with Crippen LogP contribution in [0.3, 0.4) is 0 Å². The van der Waals surface area contributed by atoms with Gasteiger partial charge >= 0.3 is 5.97 Å². The van der Waals surface area contributed by atoms with E-state index in [-0.39, 0.29) is 24.3 Å². The van der Waals surface area contributed by atoms with Gasteiger partial charge < -0.3 is 9.64 Å². The largest absolute Gasteiger partial charge is 0.466 e. The highest BCUT2D eigenvalue weighted by molar-refractivity contribution is 5.78. The maximum absolute atomic E-state index is 12.1. The van der Waals surface area contributed by atoms with E-state index in [0.29, 0.717) is 19.7 Å². The van der Waals surface area contributed by atoms with Crippen LogP contribution in [-0.4, -0.2) is 51.5 Å². The van der Waals surface area contributed by atoms with Crippen LogP contribution in [0.15, 0.2) is 12.4 Å². The Hall–Kier alpha value is -1.92. The fraction of sp³-hybridized carbons (Fsp3) is 0.667. The van der Waals surface area contributed by atoms with Crippen molar-refractivity contribution in [3.05, 3.63) is 12.4 Å². The summed E-state index contributed by atoms with van der Waals surface area (Å²) in [5.74, 6) is -0.450. The lowest BCUT2D eigenvalue weighted by Crippen LogP contribution is -2.44. The van der Waals surface area contributed by atoms with Crippen molar-refractivity contribution in [2.24, 2.45) is 5.92 Å². The van der Waals surface area contributed by atoms with Crippen molar-refractivity contribution >= 4 is 11.9 Å². The Morgan fingerprint density at radius 2 is 2.32 bits per heavy atom. The van der Waals surface area contributed by atoms with E-state index in [4.69, 9.17) is 4.74 Å². The molecule has 0 N–H and O–H groups in total. The van der Waals surface area contributed by atoms with Gasteiger partial charge in [0.25, 0.3) is 0 Å². The number of ether oxygens (including phenoxy) is 1. The van der Waals surface area contributed by atoms with Gasteiger partial charge in [-0.1, -0.05) is 5.21 Å². The van der Waals surface area contributed by atoms with E-state index in [0.717, 1.165) is 12.8 Å². The highest BCUT2D eigenvalue weighted by Gasteiger charge is 2.29. The zero-order chi connectivity index (χ0) is 13.7. The number of hydrogen-bond acceptors (Lipinski definition) is 5. The number of likely N-dealkylation sites (tertiary alicyclic amines) is 1. The predicted molar refractivity (Wildman–Crippen MR) is 66.0 cm³/mol. The summed E-state index contributed by atoms with van der Waals surface area (Å²) in [5.41, 5.74) is 0. The van der Waals surface area contributed by atoms with Gasteiger partial charge in [0.15, 0.2) is 0 Å². The number of amides is 1. The molecule has 2 rings (SSSR count). The summed E-state index contributed by atoms with van der Waals surface area (Å²) in [6.45, 7) is 3.45. The smallest absolute Gasteiger partial charge is 0.310 e. The van der Waals surface area contributed by atoms with Gasteiger partial charge in [-0.3, -0.25) is 9.59 Å². The topological polar surface area (TPSA) is 77.3 Å². The lowest BCUT2D eigenvalue weighted by atomic mass is 9.98. The van der Waals surface area contributed by atoms with Gasteiger partial charge in [-0.25, -0.2) is 4.68 Å². The zero-order valence-electron chi connectivity index (χ0n) is 11.0. The van der Waals surface area contributed by atoms with Crippen LogP contribution in [0, 0.1) is 5.92 Å². The lowest BCUT2D eigenvalue weighted by molar-refractivity contribution is -0.151. The van der Waals surface area contributed by atoms with Crippen molar-refractivity contribution in [1.82, 2.24) is 19.9 Å². The standard InChI is InChI=1S/C12H18N4O3/c1-2-19-12(18)10-4-3-6-15(8-10)11(17)9-16-7-5-13-14-16/h5,7,10H,2-4,6,8-9H2,1H3. The number of carbonyl (C=O) groups is 2. The summed E-state index contributed by atoms with van der Waals surface area (Å²) in [6.07, 6.45) is 4.79. The molecule has 104 valence electrons. The highest BCUT2D eigenvalue weighted by atomic mass is 16.5. The minimum Gasteiger partial charge on any atom is -0.466 e. The lowest BCUT2D eigenvalue weighted by Gasteiger charge is -2.31. The Bertz CT molecular complexity index is 432. The van der Waals surface area contributed by atoms with E-state index < -0.39 is 0 Å². The van der Waals surface area contributed by atoms with Crippen molar-refractivity contribution < 1.29 is 14.3 Å². The van der Waals surface area contributed by atoms with Crippen molar-refractivity contribution in [3.63, 3.8) is 0 Å². The van der Waals surface area contributed by atoms with Crippen molar-refractivity contribution in [2.45, 2.75) is 26.3 Å².